The molecule has 1 fully saturated rings. The van der Waals surface area contributed by atoms with E-state index in [2.05, 4.69) is 36.5 Å². The third-order valence-electron chi connectivity index (χ3n) is 3.78. The zero-order valence-corrected chi connectivity index (χ0v) is 12.6. The number of hydrogen-bond donors (Lipinski definition) is 1. The number of aromatic nitrogens is 1. The van der Waals surface area contributed by atoms with Crippen LogP contribution in [0.3, 0.4) is 0 Å². The van der Waals surface area contributed by atoms with Gasteiger partial charge in [-0.05, 0) is 58.8 Å². The first-order valence-electron chi connectivity index (χ1n) is 7.05. The number of nitrogens with zero attached hydrogens (tertiary/aromatic N) is 2. The van der Waals surface area contributed by atoms with Gasteiger partial charge in [0.25, 0.3) is 0 Å². The van der Waals surface area contributed by atoms with Crippen LogP contribution in [0.2, 0.25) is 0 Å². The maximum absolute atomic E-state index is 4.71. The van der Waals surface area contributed by atoms with Gasteiger partial charge in [-0.2, -0.15) is 0 Å². The van der Waals surface area contributed by atoms with Crippen molar-refractivity contribution in [2.45, 2.75) is 39.2 Å². The fourth-order valence-electron chi connectivity index (χ4n) is 2.92. The lowest BCUT2D eigenvalue weighted by atomic mass is 9.87. The second kappa shape index (κ2) is 6.64. The molecule has 0 aliphatic carbocycles. The first-order valence-corrected chi connectivity index (χ1v) is 7.93. The van der Waals surface area contributed by atoms with Gasteiger partial charge in [-0.15, -0.1) is 11.3 Å². The van der Waals surface area contributed by atoms with Crippen molar-refractivity contribution in [1.29, 1.82) is 0 Å². The van der Waals surface area contributed by atoms with E-state index in [4.69, 9.17) is 4.98 Å². The molecule has 3 nitrogen and oxygen atoms in total. The van der Waals surface area contributed by atoms with Gasteiger partial charge in [0, 0.05) is 5.38 Å². The molecule has 1 N–H and O–H groups in total. The summed E-state index contributed by atoms with van der Waals surface area (Å²) >= 11 is 1.77. The summed E-state index contributed by atoms with van der Waals surface area (Å²) < 4.78 is 0. The molecule has 0 spiro atoms. The van der Waals surface area contributed by atoms with Crippen LogP contribution in [0, 0.1) is 12.8 Å². The van der Waals surface area contributed by atoms with Gasteiger partial charge in [-0.25, -0.2) is 4.98 Å². The van der Waals surface area contributed by atoms with Crippen LogP contribution in [0.25, 0.3) is 0 Å². The number of rotatable bonds is 5. The van der Waals surface area contributed by atoms with Crippen LogP contribution in [-0.4, -0.2) is 36.6 Å². The van der Waals surface area contributed by atoms with E-state index in [0.29, 0.717) is 12.0 Å². The second-order valence-corrected chi connectivity index (χ2v) is 6.39. The molecule has 0 saturated carbocycles. The van der Waals surface area contributed by atoms with E-state index in [1.54, 1.807) is 11.3 Å². The highest BCUT2D eigenvalue weighted by Crippen LogP contribution is 2.34. The Bertz CT molecular complexity index is 364. The van der Waals surface area contributed by atoms with Crippen molar-refractivity contribution in [3.8, 4) is 0 Å². The molecule has 0 aromatic carbocycles. The Kier molecular flexibility index (Phi) is 5.15. The fourth-order valence-corrected chi connectivity index (χ4v) is 3.56. The fraction of sp³-hybridized carbons (Fsp3) is 0.786. The smallest absolute Gasteiger partial charge is 0.0898 e. The van der Waals surface area contributed by atoms with Crippen molar-refractivity contribution in [2.75, 3.05) is 26.7 Å². The lowest BCUT2D eigenvalue weighted by Crippen LogP contribution is -2.40. The molecule has 0 radical (unpaired) electrons. The second-order valence-electron chi connectivity index (χ2n) is 5.32. The molecule has 0 amide bonds. The van der Waals surface area contributed by atoms with E-state index in [0.717, 1.165) is 13.1 Å². The van der Waals surface area contributed by atoms with Crippen molar-refractivity contribution in [3.63, 3.8) is 0 Å². The monoisotopic (exact) mass is 267 g/mol. The minimum absolute atomic E-state index is 0.507. The zero-order valence-electron chi connectivity index (χ0n) is 11.8. The van der Waals surface area contributed by atoms with E-state index in [9.17, 15) is 0 Å². The number of aryl methyl sites for hydroxylation is 1. The maximum atomic E-state index is 4.71. The summed E-state index contributed by atoms with van der Waals surface area (Å²) in [7, 11) is 2.24. The third-order valence-corrected chi connectivity index (χ3v) is 4.57. The highest BCUT2D eigenvalue weighted by Gasteiger charge is 2.31. The van der Waals surface area contributed by atoms with Crippen molar-refractivity contribution >= 4 is 11.3 Å². The summed E-state index contributed by atoms with van der Waals surface area (Å²) in [5, 5.41) is 7.01. The Morgan fingerprint density at radius 3 is 3.06 bits per heavy atom. The summed E-state index contributed by atoms with van der Waals surface area (Å²) in [5.74, 6) is 0.705. The lowest BCUT2D eigenvalue weighted by Gasteiger charge is -2.38. The number of hydrogen-bond acceptors (Lipinski definition) is 4. The van der Waals surface area contributed by atoms with Crippen molar-refractivity contribution in [3.05, 3.63) is 16.1 Å². The molecule has 2 heterocycles. The van der Waals surface area contributed by atoms with E-state index < -0.39 is 0 Å². The van der Waals surface area contributed by atoms with Crippen LogP contribution in [0.15, 0.2) is 5.38 Å². The van der Waals surface area contributed by atoms with Gasteiger partial charge in [-0.3, -0.25) is 4.90 Å². The molecule has 1 saturated heterocycles. The van der Waals surface area contributed by atoms with E-state index >= 15 is 0 Å². The Morgan fingerprint density at radius 1 is 1.56 bits per heavy atom. The molecule has 2 unspecified atom stereocenters. The van der Waals surface area contributed by atoms with Gasteiger partial charge in [0.1, 0.15) is 0 Å². The topological polar surface area (TPSA) is 28.2 Å². The molecule has 1 aliphatic heterocycles. The molecular formula is C14H25N3S. The van der Waals surface area contributed by atoms with Crippen LogP contribution in [0.4, 0.5) is 0 Å². The van der Waals surface area contributed by atoms with Crippen LogP contribution < -0.4 is 5.32 Å². The summed E-state index contributed by atoms with van der Waals surface area (Å²) in [4.78, 5) is 7.19. The largest absolute Gasteiger partial charge is 0.316 e. The molecule has 1 aromatic heterocycles. The third kappa shape index (κ3) is 3.31. The van der Waals surface area contributed by atoms with Crippen molar-refractivity contribution < 1.29 is 0 Å². The number of nitrogens with one attached hydrogen (secondary N) is 1. The molecular weight excluding hydrogens is 242 g/mol. The average molecular weight is 267 g/mol. The lowest BCUT2D eigenvalue weighted by molar-refractivity contribution is 0.117. The standard InChI is InChI=1S/C14H25N3S/c1-4-7-15-9-12-6-5-8-17(3)14(12)13-10-18-11(2)16-13/h10,12,14-15H,4-9H2,1-3H3. The first-order chi connectivity index (χ1) is 8.72. The molecule has 1 aliphatic rings. The first kappa shape index (κ1) is 14.0. The average Bonchev–Trinajstić information content (AvgIpc) is 2.76. The molecule has 4 heteroatoms. The highest BCUT2D eigenvalue weighted by atomic mass is 32.1. The number of thiazole rings is 1. The Balaban J connectivity index is 2.05. The zero-order chi connectivity index (χ0) is 13.0. The van der Waals surface area contributed by atoms with Gasteiger partial charge >= 0.3 is 0 Å². The summed E-state index contributed by atoms with van der Waals surface area (Å²) in [6.07, 6.45) is 3.85. The van der Waals surface area contributed by atoms with Gasteiger partial charge in [0.15, 0.2) is 0 Å². The number of piperidine rings is 1. The summed E-state index contributed by atoms with van der Waals surface area (Å²) in [6.45, 7) is 7.77. The van der Waals surface area contributed by atoms with Gasteiger partial charge < -0.3 is 5.32 Å². The molecule has 2 rings (SSSR count). The quantitative estimate of drug-likeness (QED) is 0.832. The van der Waals surface area contributed by atoms with Crippen molar-refractivity contribution in [2.24, 2.45) is 5.92 Å². The van der Waals surface area contributed by atoms with E-state index in [1.807, 2.05) is 0 Å². The minimum Gasteiger partial charge on any atom is -0.316 e. The predicted molar refractivity (Wildman–Crippen MR) is 78.1 cm³/mol. The predicted octanol–water partition coefficient (Wildman–Crippen LogP) is 2.83. The normalized spacial score (nSPS) is 25.5. The SMILES string of the molecule is CCCNCC1CCCN(C)C1c1csc(C)n1. The molecule has 2 atom stereocenters. The Hall–Kier alpha value is -0.450. The maximum Gasteiger partial charge on any atom is 0.0898 e. The van der Waals surface area contributed by atoms with Crippen LogP contribution in [0.5, 0.6) is 0 Å². The molecule has 0 bridgehead atoms. The van der Waals surface area contributed by atoms with Crippen LogP contribution in [0.1, 0.15) is 42.9 Å². The van der Waals surface area contributed by atoms with Crippen LogP contribution >= 0.6 is 11.3 Å². The van der Waals surface area contributed by atoms with E-state index in [-0.39, 0.29) is 0 Å². The molecule has 102 valence electrons. The molecule has 1 aromatic rings. The Labute approximate surface area is 115 Å². The minimum atomic E-state index is 0.507. The van der Waals surface area contributed by atoms with Gasteiger partial charge in [0.05, 0.1) is 16.7 Å². The Morgan fingerprint density at radius 2 is 2.39 bits per heavy atom. The summed E-state index contributed by atoms with van der Waals surface area (Å²) in [5.41, 5.74) is 1.28. The van der Waals surface area contributed by atoms with Crippen LogP contribution in [-0.2, 0) is 0 Å². The van der Waals surface area contributed by atoms with Gasteiger partial charge in [-0.1, -0.05) is 6.92 Å². The van der Waals surface area contributed by atoms with E-state index in [1.165, 1.54) is 36.5 Å². The highest BCUT2D eigenvalue weighted by molar-refractivity contribution is 7.09. The molecule has 18 heavy (non-hydrogen) atoms. The van der Waals surface area contributed by atoms with Crippen molar-refractivity contribution in [1.82, 2.24) is 15.2 Å². The van der Waals surface area contributed by atoms with Gasteiger partial charge in [0.2, 0.25) is 0 Å². The summed E-state index contributed by atoms with van der Waals surface area (Å²) in [6, 6.07) is 0.507. The number of likely N-dealkylation sites (tertiary alicyclic amines) is 1.